The monoisotopic (exact) mass is 442 g/mol. The van der Waals surface area contributed by atoms with Crippen molar-refractivity contribution in [2.45, 2.75) is 49.7 Å². The van der Waals surface area contributed by atoms with Crippen LogP contribution in [0.4, 0.5) is 5.69 Å². The normalized spacial score (nSPS) is 34.6. The van der Waals surface area contributed by atoms with E-state index < -0.39 is 0 Å². The second kappa shape index (κ2) is 8.08. The number of benzene rings is 2. The van der Waals surface area contributed by atoms with Gasteiger partial charge in [-0.05, 0) is 80.3 Å². The molecule has 5 nitrogen and oxygen atoms in total. The molecule has 0 radical (unpaired) electrons. The molecule has 2 aromatic carbocycles. The topological polar surface area (TPSA) is 56.4 Å². The molecule has 6 atom stereocenters. The predicted octanol–water partition coefficient (Wildman–Crippen LogP) is 3.93. The Bertz CT molecular complexity index is 1090. The van der Waals surface area contributed by atoms with Crippen molar-refractivity contribution < 1.29 is 4.79 Å². The van der Waals surface area contributed by atoms with Crippen LogP contribution in [0.3, 0.4) is 0 Å². The van der Waals surface area contributed by atoms with E-state index in [4.69, 9.17) is 0 Å². The van der Waals surface area contributed by atoms with E-state index in [9.17, 15) is 4.79 Å². The Labute approximate surface area is 196 Å². The van der Waals surface area contributed by atoms with Crippen LogP contribution >= 0.6 is 0 Å². The summed E-state index contributed by atoms with van der Waals surface area (Å²) in [4.78, 5) is 15.1. The van der Waals surface area contributed by atoms with Gasteiger partial charge in [0.25, 0.3) is 0 Å². The highest BCUT2D eigenvalue weighted by Crippen LogP contribution is 2.64. The van der Waals surface area contributed by atoms with Gasteiger partial charge in [-0.3, -0.25) is 15.6 Å². The van der Waals surface area contributed by atoms with Gasteiger partial charge in [0.15, 0.2) is 0 Å². The number of fused-ring (bicyclic) bond motifs is 3. The number of amides is 1. The van der Waals surface area contributed by atoms with E-state index in [0.29, 0.717) is 29.8 Å². The molecule has 1 spiro atoms. The summed E-state index contributed by atoms with van der Waals surface area (Å²) < 4.78 is 0. The third-order valence-corrected chi connectivity index (χ3v) is 8.43. The van der Waals surface area contributed by atoms with Crippen LogP contribution in [0.1, 0.15) is 42.4 Å². The lowest BCUT2D eigenvalue weighted by molar-refractivity contribution is -0.118. The summed E-state index contributed by atoms with van der Waals surface area (Å²) in [6, 6.07) is 17.9. The fourth-order valence-corrected chi connectivity index (χ4v) is 6.83. The van der Waals surface area contributed by atoms with Crippen molar-refractivity contribution in [2.24, 2.45) is 17.8 Å². The summed E-state index contributed by atoms with van der Waals surface area (Å²) in [5, 5.41) is 3.14. The summed E-state index contributed by atoms with van der Waals surface area (Å²) >= 11 is 0. The number of rotatable bonds is 5. The van der Waals surface area contributed by atoms with E-state index in [-0.39, 0.29) is 11.3 Å². The molecule has 2 saturated carbocycles. The van der Waals surface area contributed by atoms with Crippen molar-refractivity contribution in [2.75, 3.05) is 19.4 Å². The number of hydrogen-bond acceptors (Lipinski definition) is 4. The maximum absolute atomic E-state index is 12.9. The van der Waals surface area contributed by atoms with Gasteiger partial charge in [0.1, 0.15) is 0 Å². The lowest BCUT2D eigenvalue weighted by Gasteiger charge is -2.33. The second-order valence-electron chi connectivity index (χ2n) is 10.8. The maximum atomic E-state index is 12.9. The standard InChI is InChI=1S/C28H34N4O/c1-32(2)17-19-7-5-6-18(14-19)10-13-24-21-12-11-20(15-26(21)31-30-24)23-16-28(23)22-8-3-4-9-25(22)29-27(28)33/h3-10,13-14,20-21,23-24,26,30-31H,11-12,15-17H2,1-2H3,(H,29,33)/b13-10+/t20?,21?,23?,24?,26?,28-/m0/s1. The Morgan fingerprint density at radius 1 is 1.09 bits per heavy atom. The number of carbonyl (C=O) groups is 1. The highest BCUT2D eigenvalue weighted by molar-refractivity contribution is 6.08. The summed E-state index contributed by atoms with van der Waals surface area (Å²) in [6.07, 6.45) is 9.20. The highest BCUT2D eigenvalue weighted by Gasteiger charge is 2.67. The van der Waals surface area contributed by atoms with Gasteiger partial charge in [0.05, 0.1) is 5.41 Å². The Hall–Kier alpha value is -2.47. The summed E-state index contributed by atoms with van der Waals surface area (Å²) in [6.45, 7) is 0.960. The largest absolute Gasteiger partial charge is 0.325 e. The molecule has 6 rings (SSSR count). The average Bonchev–Trinajstić information content (AvgIpc) is 3.34. The van der Waals surface area contributed by atoms with E-state index in [1.807, 2.05) is 12.1 Å². The number of carbonyl (C=O) groups excluding carboxylic acids is 1. The lowest BCUT2D eigenvalue weighted by atomic mass is 9.73. The molecule has 3 N–H and O–H groups in total. The van der Waals surface area contributed by atoms with Crippen LogP contribution in [0, 0.1) is 17.8 Å². The van der Waals surface area contributed by atoms with Crippen molar-refractivity contribution >= 4 is 17.7 Å². The molecule has 1 amide bonds. The van der Waals surface area contributed by atoms with E-state index in [2.05, 4.69) is 83.7 Å². The Morgan fingerprint density at radius 3 is 2.85 bits per heavy atom. The first-order chi connectivity index (χ1) is 16.0. The van der Waals surface area contributed by atoms with Gasteiger partial charge < -0.3 is 10.2 Å². The van der Waals surface area contributed by atoms with Gasteiger partial charge >= 0.3 is 0 Å². The van der Waals surface area contributed by atoms with Crippen LogP contribution in [-0.2, 0) is 16.8 Å². The van der Waals surface area contributed by atoms with Gasteiger partial charge in [0.2, 0.25) is 5.91 Å². The van der Waals surface area contributed by atoms with Gasteiger partial charge in [-0.25, -0.2) is 0 Å². The van der Waals surface area contributed by atoms with Crippen LogP contribution < -0.4 is 16.2 Å². The number of hydrogen-bond donors (Lipinski definition) is 3. The summed E-state index contributed by atoms with van der Waals surface area (Å²) in [5.74, 6) is 1.94. The summed E-state index contributed by atoms with van der Waals surface area (Å²) in [7, 11) is 4.21. The van der Waals surface area contributed by atoms with Crippen LogP contribution in [0.15, 0.2) is 54.6 Å². The van der Waals surface area contributed by atoms with Crippen LogP contribution in [0.2, 0.25) is 0 Å². The smallest absolute Gasteiger partial charge is 0.235 e. The zero-order valence-electron chi connectivity index (χ0n) is 19.6. The summed E-state index contributed by atoms with van der Waals surface area (Å²) in [5.41, 5.74) is 11.8. The molecule has 0 aromatic heterocycles. The third kappa shape index (κ3) is 3.63. The number of hydrazine groups is 1. The Kier molecular flexibility index (Phi) is 5.17. The second-order valence-corrected chi connectivity index (χ2v) is 10.8. The maximum Gasteiger partial charge on any atom is 0.235 e. The van der Waals surface area contributed by atoms with Crippen LogP contribution in [-0.4, -0.2) is 37.0 Å². The van der Waals surface area contributed by atoms with E-state index in [1.165, 1.54) is 29.5 Å². The van der Waals surface area contributed by atoms with E-state index >= 15 is 0 Å². The predicted molar refractivity (Wildman–Crippen MR) is 132 cm³/mol. The first-order valence-electron chi connectivity index (χ1n) is 12.4. The molecule has 2 aliphatic carbocycles. The van der Waals surface area contributed by atoms with E-state index in [1.54, 1.807) is 0 Å². The minimum atomic E-state index is -0.253. The zero-order chi connectivity index (χ0) is 22.6. The Morgan fingerprint density at radius 2 is 1.97 bits per heavy atom. The minimum absolute atomic E-state index is 0.227. The van der Waals surface area contributed by atoms with Crippen molar-refractivity contribution in [3.8, 4) is 0 Å². The van der Waals surface area contributed by atoms with Gasteiger partial charge in [-0.15, -0.1) is 0 Å². The van der Waals surface area contributed by atoms with E-state index in [0.717, 1.165) is 25.1 Å². The number of para-hydroxylation sites is 1. The quantitative estimate of drug-likeness (QED) is 0.657. The van der Waals surface area contributed by atoms with Crippen LogP contribution in [0.5, 0.6) is 0 Å². The van der Waals surface area contributed by atoms with Gasteiger partial charge in [0, 0.05) is 24.3 Å². The first kappa shape index (κ1) is 21.1. The molecule has 0 bridgehead atoms. The van der Waals surface area contributed by atoms with Crippen molar-refractivity contribution in [1.82, 2.24) is 15.8 Å². The SMILES string of the molecule is CN(C)Cc1cccc(/C=C/C2NNC3CC(C4C[C@@]45C(=O)Nc4ccccc45)CCC23)c1. The molecule has 2 aliphatic heterocycles. The fourth-order valence-electron chi connectivity index (χ4n) is 6.83. The molecule has 5 unspecified atom stereocenters. The first-order valence-corrected chi connectivity index (χ1v) is 12.4. The molecule has 4 aliphatic rings. The number of nitrogens with one attached hydrogen (secondary N) is 3. The van der Waals surface area contributed by atoms with Gasteiger partial charge in [-0.1, -0.05) is 54.6 Å². The lowest BCUT2D eigenvalue weighted by Crippen LogP contribution is -2.37. The molecular weight excluding hydrogens is 408 g/mol. The zero-order valence-corrected chi connectivity index (χ0v) is 19.6. The molecule has 172 valence electrons. The molecule has 5 heteroatoms. The molecule has 2 heterocycles. The number of nitrogens with zero attached hydrogens (tertiary/aromatic N) is 1. The van der Waals surface area contributed by atoms with Crippen molar-refractivity contribution in [3.05, 3.63) is 71.3 Å². The third-order valence-electron chi connectivity index (χ3n) is 8.43. The molecule has 3 fully saturated rings. The molecule has 2 aromatic rings. The highest BCUT2D eigenvalue weighted by atomic mass is 16.2. The van der Waals surface area contributed by atoms with Gasteiger partial charge in [-0.2, -0.15) is 0 Å². The van der Waals surface area contributed by atoms with Crippen molar-refractivity contribution in [1.29, 1.82) is 0 Å². The number of anilines is 1. The molecule has 33 heavy (non-hydrogen) atoms. The minimum Gasteiger partial charge on any atom is -0.325 e. The van der Waals surface area contributed by atoms with Crippen LogP contribution in [0.25, 0.3) is 6.08 Å². The van der Waals surface area contributed by atoms with Crippen molar-refractivity contribution in [3.63, 3.8) is 0 Å². The Balaban J connectivity index is 1.11. The average molecular weight is 443 g/mol. The molecular formula is C28H34N4O. The molecule has 1 saturated heterocycles. The fraction of sp³-hybridized carbons (Fsp3) is 0.464.